The minimum absolute atomic E-state index is 0.605. The number of hydrogen-bond donors (Lipinski definition) is 1. The van der Waals surface area contributed by atoms with E-state index in [-0.39, 0.29) is 0 Å². The van der Waals surface area contributed by atoms with Gasteiger partial charge in [-0.3, -0.25) is 0 Å². The first-order valence-electron chi connectivity index (χ1n) is 10.6. The highest BCUT2D eigenvalue weighted by Crippen LogP contribution is 2.45. The molecule has 2 bridgehead atoms. The van der Waals surface area contributed by atoms with E-state index in [4.69, 9.17) is 0 Å². The Hall–Kier alpha value is -1.54. The molecular formula is C24H36N2. The topological polar surface area (TPSA) is 19.0 Å². The number of H-pyrrole nitrogens is 1. The minimum atomic E-state index is 0.605. The fraction of sp³-hybridized carbons (Fsp3) is 0.583. The van der Waals surface area contributed by atoms with Crippen LogP contribution in [0.2, 0.25) is 0 Å². The Balaban J connectivity index is 0.000000948. The van der Waals surface area contributed by atoms with Crippen molar-refractivity contribution in [1.82, 2.24) is 9.88 Å². The van der Waals surface area contributed by atoms with Gasteiger partial charge in [0.25, 0.3) is 0 Å². The van der Waals surface area contributed by atoms with Crippen molar-refractivity contribution < 1.29 is 0 Å². The first-order valence-corrected chi connectivity index (χ1v) is 10.6. The Bertz CT molecular complexity index is 746. The SMILES string of the molecule is C=C(CCC12CCN(CC1)CC2)c1c[nH]c2cc(C)cc(CC)c12.CC. The lowest BCUT2D eigenvalue weighted by molar-refractivity contribution is 0.0211. The summed E-state index contributed by atoms with van der Waals surface area (Å²) in [6, 6.07) is 4.60. The van der Waals surface area contributed by atoms with Crippen LogP contribution in [0.15, 0.2) is 24.9 Å². The molecule has 0 atom stereocenters. The quantitative estimate of drug-likeness (QED) is 0.665. The van der Waals surface area contributed by atoms with Crippen molar-refractivity contribution in [3.8, 4) is 0 Å². The van der Waals surface area contributed by atoms with Crippen molar-refractivity contribution in [3.63, 3.8) is 0 Å². The fourth-order valence-corrected chi connectivity index (χ4v) is 4.90. The molecule has 142 valence electrons. The zero-order valence-corrected chi connectivity index (χ0v) is 17.3. The molecule has 3 aliphatic rings. The summed E-state index contributed by atoms with van der Waals surface area (Å²) >= 11 is 0. The van der Waals surface area contributed by atoms with Crippen LogP contribution < -0.4 is 0 Å². The minimum Gasteiger partial charge on any atom is -0.361 e. The molecule has 26 heavy (non-hydrogen) atoms. The molecule has 3 fully saturated rings. The van der Waals surface area contributed by atoms with E-state index < -0.39 is 0 Å². The van der Waals surface area contributed by atoms with Crippen LogP contribution in [0.3, 0.4) is 0 Å². The van der Waals surface area contributed by atoms with E-state index in [2.05, 4.69) is 48.6 Å². The summed E-state index contributed by atoms with van der Waals surface area (Å²) < 4.78 is 0. The van der Waals surface area contributed by atoms with E-state index in [1.807, 2.05) is 13.8 Å². The molecule has 0 amide bonds. The standard InChI is InChI=1S/C22H30N2.C2H6/c1-4-18-13-16(2)14-20-21(18)19(15-23-20)17(3)5-6-22-7-10-24(11-8-22)12-9-22;1-2/h13-15,23H,3-12H2,1-2H3;1-2H3. The molecule has 1 N–H and O–H groups in total. The summed E-state index contributed by atoms with van der Waals surface area (Å²) in [5.74, 6) is 0. The van der Waals surface area contributed by atoms with E-state index >= 15 is 0 Å². The van der Waals surface area contributed by atoms with Gasteiger partial charge in [0.1, 0.15) is 0 Å². The van der Waals surface area contributed by atoms with Gasteiger partial charge in [0.15, 0.2) is 0 Å². The number of aromatic amines is 1. The van der Waals surface area contributed by atoms with Gasteiger partial charge in [-0.15, -0.1) is 0 Å². The largest absolute Gasteiger partial charge is 0.361 e. The predicted octanol–water partition coefficient (Wildman–Crippen LogP) is 6.34. The first kappa shape index (κ1) is 19.2. The molecule has 0 aliphatic carbocycles. The van der Waals surface area contributed by atoms with Crippen LogP contribution in [0.25, 0.3) is 16.5 Å². The van der Waals surface area contributed by atoms with Gasteiger partial charge in [0, 0.05) is 22.7 Å². The highest BCUT2D eigenvalue weighted by atomic mass is 15.1. The Morgan fingerprint density at radius 3 is 2.42 bits per heavy atom. The van der Waals surface area contributed by atoms with Gasteiger partial charge < -0.3 is 9.88 Å². The smallest absolute Gasteiger partial charge is 0.0465 e. The number of aryl methyl sites for hydroxylation is 2. The van der Waals surface area contributed by atoms with Crippen LogP contribution in [0.4, 0.5) is 0 Å². The monoisotopic (exact) mass is 352 g/mol. The Labute approximate surface area is 159 Å². The Morgan fingerprint density at radius 1 is 1.15 bits per heavy atom. The second kappa shape index (κ2) is 8.00. The molecule has 2 aromatic rings. The molecule has 0 radical (unpaired) electrons. The third-order valence-electron chi connectivity index (χ3n) is 6.60. The molecule has 0 spiro atoms. The summed E-state index contributed by atoms with van der Waals surface area (Å²) in [6.07, 6.45) is 9.92. The van der Waals surface area contributed by atoms with Gasteiger partial charge >= 0.3 is 0 Å². The lowest BCUT2D eigenvalue weighted by Gasteiger charge is -2.48. The molecule has 3 saturated heterocycles. The number of piperidine rings is 3. The average Bonchev–Trinajstić information content (AvgIpc) is 3.12. The number of hydrogen-bond acceptors (Lipinski definition) is 1. The number of rotatable bonds is 5. The number of benzene rings is 1. The van der Waals surface area contributed by atoms with Crippen molar-refractivity contribution in [2.75, 3.05) is 19.6 Å². The van der Waals surface area contributed by atoms with Crippen LogP contribution in [-0.4, -0.2) is 29.5 Å². The summed E-state index contributed by atoms with van der Waals surface area (Å²) in [5, 5.41) is 1.41. The van der Waals surface area contributed by atoms with Crippen LogP contribution in [0.5, 0.6) is 0 Å². The van der Waals surface area contributed by atoms with E-state index in [0.29, 0.717) is 5.41 Å². The third-order valence-corrected chi connectivity index (χ3v) is 6.60. The maximum atomic E-state index is 4.48. The fourth-order valence-electron chi connectivity index (χ4n) is 4.90. The van der Waals surface area contributed by atoms with Gasteiger partial charge in [-0.05, 0) is 93.3 Å². The van der Waals surface area contributed by atoms with Crippen molar-refractivity contribution in [2.45, 2.75) is 66.2 Å². The molecule has 1 aromatic heterocycles. The Morgan fingerprint density at radius 2 is 1.81 bits per heavy atom. The van der Waals surface area contributed by atoms with Gasteiger partial charge in [0.2, 0.25) is 0 Å². The second-order valence-corrected chi connectivity index (χ2v) is 8.10. The number of aromatic nitrogens is 1. The first-order chi connectivity index (χ1) is 12.6. The summed E-state index contributed by atoms with van der Waals surface area (Å²) in [5.41, 5.74) is 7.34. The van der Waals surface area contributed by atoms with E-state index in [1.54, 1.807) is 0 Å². The van der Waals surface area contributed by atoms with Crippen molar-refractivity contribution in [3.05, 3.63) is 41.6 Å². The number of allylic oxidation sites excluding steroid dienone is 1. The molecule has 0 saturated carbocycles. The molecule has 0 unspecified atom stereocenters. The van der Waals surface area contributed by atoms with Crippen LogP contribution in [0, 0.1) is 12.3 Å². The molecule has 1 aromatic carbocycles. The lowest BCUT2D eigenvalue weighted by Crippen LogP contribution is -2.48. The summed E-state index contributed by atoms with van der Waals surface area (Å²) in [4.78, 5) is 6.12. The van der Waals surface area contributed by atoms with Gasteiger partial charge in [-0.2, -0.15) is 0 Å². The van der Waals surface area contributed by atoms with Crippen molar-refractivity contribution >= 4 is 16.5 Å². The zero-order valence-electron chi connectivity index (χ0n) is 17.3. The van der Waals surface area contributed by atoms with Gasteiger partial charge in [-0.1, -0.05) is 33.4 Å². The number of fused-ring (bicyclic) bond motifs is 4. The second-order valence-electron chi connectivity index (χ2n) is 8.10. The van der Waals surface area contributed by atoms with E-state index in [1.165, 1.54) is 78.5 Å². The van der Waals surface area contributed by atoms with Crippen molar-refractivity contribution in [2.24, 2.45) is 5.41 Å². The van der Waals surface area contributed by atoms with Crippen molar-refractivity contribution in [1.29, 1.82) is 0 Å². The molecular weight excluding hydrogens is 316 g/mol. The van der Waals surface area contributed by atoms with Gasteiger partial charge in [0.05, 0.1) is 0 Å². The van der Waals surface area contributed by atoms with Crippen LogP contribution >= 0.6 is 0 Å². The maximum Gasteiger partial charge on any atom is 0.0465 e. The molecule has 2 heteroatoms. The number of nitrogens with one attached hydrogen (secondary N) is 1. The Kier molecular flexibility index (Phi) is 5.92. The summed E-state index contributed by atoms with van der Waals surface area (Å²) in [6.45, 7) is 16.9. The number of nitrogens with zero attached hydrogens (tertiary/aromatic N) is 1. The zero-order chi connectivity index (χ0) is 18.7. The van der Waals surface area contributed by atoms with Crippen LogP contribution in [0.1, 0.15) is 69.6 Å². The maximum absolute atomic E-state index is 4.48. The lowest BCUT2D eigenvalue weighted by atomic mass is 9.68. The highest BCUT2D eigenvalue weighted by Gasteiger charge is 2.38. The summed E-state index contributed by atoms with van der Waals surface area (Å²) in [7, 11) is 0. The normalized spacial score (nSPS) is 24.4. The third kappa shape index (κ3) is 3.62. The van der Waals surface area contributed by atoms with Gasteiger partial charge in [-0.25, -0.2) is 0 Å². The molecule has 4 heterocycles. The molecule has 5 rings (SSSR count). The molecule has 2 nitrogen and oxygen atoms in total. The average molecular weight is 353 g/mol. The van der Waals surface area contributed by atoms with E-state index in [9.17, 15) is 0 Å². The highest BCUT2D eigenvalue weighted by molar-refractivity contribution is 5.95. The predicted molar refractivity (Wildman–Crippen MR) is 115 cm³/mol. The van der Waals surface area contributed by atoms with Crippen LogP contribution in [-0.2, 0) is 6.42 Å². The molecule has 3 aliphatic heterocycles. The van der Waals surface area contributed by atoms with E-state index in [0.717, 1.165) is 12.8 Å².